The summed E-state index contributed by atoms with van der Waals surface area (Å²) in [6.45, 7) is 0. The molecule has 33 heavy (non-hydrogen) atoms. The minimum absolute atomic E-state index is 0.0123. The molecule has 0 unspecified atom stereocenters. The first kappa shape index (κ1) is 25.8. The molecule has 3 aromatic carbocycles. The van der Waals surface area contributed by atoms with E-state index < -0.39 is 11.9 Å². The minimum atomic E-state index is -0.774. The van der Waals surface area contributed by atoms with E-state index in [-0.39, 0.29) is 42.1 Å². The van der Waals surface area contributed by atoms with Gasteiger partial charge in [-0.25, -0.2) is 4.79 Å². The van der Waals surface area contributed by atoms with Gasteiger partial charge in [-0.05, 0) is 60.7 Å². The molecule has 0 saturated heterocycles. The van der Waals surface area contributed by atoms with Crippen LogP contribution in [0.3, 0.4) is 0 Å². The average Bonchev–Trinajstić information content (AvgIpc) is 2.70. The third-order valence-electron chi connectivity index (χ3n) is 4.00. The number of amides is 1. The summed E-state index contributed by atoms with van der Waals surface area (Å²) >= 11 is 41.4. The van der Waals surface area contributed by atoms with Gasteiger partial charge in [-0.3, -0.25) is 10.1 Å². The van der Waals surface area contributed by atoms with E-state index in [1.165, 1.54) is 48.5 Å². The van der Waals surface area contributed by atoms with Crippen molar-refractivity contribution in [3.8, 4) is 5.75 Å². The van der Waals surface area contributed by atoms with Crippen LogP contribution in [0.1, 0.15) is 20.7 Å². The highest BCUT2D eigenvalue weighted by atomic mass is 35.5. The number of nitrogens with one attached hydrogen (secondary N) is 2. The molecule has 12 heteroatoms. The lowest BCUT2D eigenvalue weighted by molar-refractivity contribution is 0.0735. The molecule has 0 heterocycles. The average molecular weight is 583 g/mol. The molecule has 3 rings (SSSR count). The van der Waals surface area contributed by atoms with Crippen molar-refractivity contribution in [2.75, 3.05) is 5.32 Å². The zero-order valence-corrected chi connectivity index (χ0v) is 21.4. The number of anilines is 1. The van der Waals surface area contributed by atoms with Crippen LogP contribution in [-0.2, 0) is 0 Å². The Labute approximate surface area is 223 Å². The van der Waals surface area contributed by atoms with Crippen LogP contribution >= 0.6 is 81.8 Å². The van der Waals surface area contributed by atoms with Crippen LogP contribution < -0.4 is 15.4 Å². The second-order valence-electron chi connectivity index (χ2n) is 6.32. The van der Waals surface area contributed by atoms with Crippen molar-refractivity contribution in [2.45, 2.75) is 0 Å². The van der Waals surface area contributed by atoms with Gasteiger partial charge >= 0.3 is 5.97 Å². The zero-order chi connectivity index (χ0) is 24.3. The maximum Gasteiger partial charge on any atom is 0.345 e. The lowest BCUT2D eigenvalue weighted by Crippen LogP contribution is -2.34. The Bertz CT molecular complexity index is 1260. The molecule has 1 amide bonds. The molecule has 0 fully saturated rings. The molecule has 0 saturated carbocycles. The molecule has 5 nitrogen and oxygen atoms in total. The third-order valence-corrected chi connectivity index (χ3v) is 5.87. The molecule has 2 N–H and O–H groups in total. The molecule has 170 valence electrons. The van der Waals surface area contributed by atoms with Crippen molar-refractivity contribution in [2.24, 2.45) is 0 Å². The topological polar surface area (TPSA) is 67.4 Å². The van der Waals surface area contributed by atoms with Crippen molar-refractivity contribution < 1.29 is 14.3 Å². The number of halogens is 6. The predicted octanol–water partition coefficient (Wildman–Crippen LogP) is 7.95. The van der Waals surface area contributed by atoms with Gasteiger partial charge in [-0.15, -0.1) is 0 Å². The number of benzene rings is 3. The van der Waals surface area contributed by atoms with Gasteiger partial charge in [0, 0.05) is 15.7 Å². The smallest absolute Gasteiger partial charge is 0.345 e. The van der Waals surface area contributed by atoms with Gasteiger partial charge in [-0.2, -0.15) is 0 Å². The zero-order valence-electron chi connectivity index (χ0n) is 16.0. The van der Waals surface area contributed by atoms with E-state index in [1.54, 1.807) is 0 Å². The summed E-state index contributed by atoms with van der Waals surface area (Å²) in [7, 11) is 0. The second-order valence-corrected chi connectivity index (χ2v) is 9.23. The van der Waals surface area contributed by atoms with E-state index in [0.29, 0.717) is 15.7 Å². The van der Waals surface area contributed by atoms with E-state index >= 15 is 0 Å². The normalized spacial score (nSPS) is 10.5. The molecule has 0 aliphatic heterocycles. The van der Waals surface area contributed by atoms with Gasteiger partial charge < -0.3 is 10.1 Å². The Kier molecular flexibility index (Phi) is 8.70. The van der Waals surface area contributed by atoms with Crippen LogP contribution in [0.5, 0.6) is 5.75 Å². The van der Waals surface area contributed by atoms with Gasteiger partial charge in [0.05, 0.1) is 31.2 Å². The van der Waals surface area contributed by atoms with Crippen molar-refractivity contribution in [3.05, 3.63) is 89.8 Å². The van der Waals surface area contributed by atoms with Gasteiger partial charge in [0.15, 0.2) is 10.9 Å². The summed E-state index contributed by atoms with van der Waals surface area (Å²) in [4.78, 5) is 24.8. The third kappa shape index (κ3) is 6.64. The molecule has 3 aromatic rings. The monoisotopic (exact) mass is 580 g/mol. The fraction of sp³-hybridized carbons (Fsp3) is 0. The van der Waals surface area contributed by atoms with Crippen LogP contribution in [0.4, 0.5) is 5.69 Å². The number of hydrogen-bond donors (Lipinski definition) is 2. The van der Waals surface area contributed by atoms with E-state index in [4.69, 9.17) is 86.6 Å². The van der Waals surface area contributed by atoms with Gasteiger partial charge in [-0.1, -0.05) is 69.6 Å². The predicted molar refractivity (Wildman–Crippen MR) is 138 cm³/mol. The summed E-state index contributed by atoms with van der Waals surface area (Å²) in [6.07, 6.45) is 0. The number of thiocarbonyl (C=S) groups is 1. The Morgan fingerprint density at radius 2 is 1.24 bits per heavy atom. The van der Waals surface area contributed by atoms with E-state index in [9.17, 15) is 9.59 Å². The highest BCUT2D eigenvalue weighted by molar-refractivity contribution is 7.80. The Hall–Kier alpha value is -1.77. The number of rotatable bonds is 4. The standard InChI is InChI=1S/C21H10Cl6N2O3S/c22-9-1-3-12(14(24)5-9)19(30)29-21(33)28-11-7-16(26)18(17(27)8-11)32-20(31)13-4-2-10(23)6-15(13)25/h1-8H,(H2,28,29,30,33). The summed E-state index contributed by atoms with van der Waals surface area (Å²) in [5.74, 6) is -1.40. The van der Waals surface area contributed by atoms with Gasteiger partial charge in [0.1, 0.15) is 0 Å². The van der Waals surface area contributed by atoms with Crippen LogP contribution in [0.2, 0.25) is 30.1 Å². The molecule has 0 bridgehead atoms. The number of carbonyl (C=O) groups excluding carboxylic acids is 2. The number of carbonyl (C=O) groups is 2. The summed E-state index contributed by atoms with van der Waals surface area (Å²) in [5.41, 5.74) is 0.603. The highest BCUT2D eigenvalue weighted by Crippen LogP contribution is 2.37. The van der Waals surface area contributed by atoms with Gasteiger partial charge in [0.25, 0.3) is 5.91 Å². The summed E-state index contributed by atoms with van der Waals surface area (Å²) in [5, 5.41) is 6.26. The summed E-state index contributed by atoms with van der Waals surface area (Å²) < 4.78 is 5.30. The summed E-state index contributed by atoms with van der Waals surface area (Å²) in [6, 6.07) is 11.6. The molecule has 0 aromatic heterocycles. The Balaban J connectivity index is 1.71. The largest absolute Gasteiger partial charge is 0.420 e. The Morgan fingerprint density at radius 3 is 1.76 bits per heavy atom. The number of ether oxygens (including phenoxy) is 1. The molecule has 0 aliphatic carbocycles. The van der Waals surface area contributed by atoms with E-state index in [1.807, 2.05) is 0 Å². The van der Waals surface area contributed by atoms with Crippen molar-refractivity contribution >= 4 is 104 Å². The lowest BCUT2D eigenvalue weighted by Gasteiger charge is -2.14. The maximum atomic E-state index is 12.4. The van der Waals surface area contributed by atoms with Crippen molar-refractivity contribution in [1.29, 1.82) is 0 Å². The first-order chi connectivity index (χ1) is 15.5. The van der Waals surface area contributed by atoms with E-state index in [2.05, 4.69) is 10.6 Å². The molecule has 0 aliphatic rings. The number of hydrogen-bond acceptors (Lipinski definition) is 4. The fourth-order valence-corrected chi connectivity index (χ4v) is 4.29. The van der Waals surface area contributed by atoms with Crippen LogP contribution in [0, 0.1) is 0 Å². The quantitative estimate of drug-likeness (QED) is 0.186. The SMILES string of the molecule is O=C(NC(=S)Nc1cc(Cl)c(OC(=O)c2ccc(Cl)cc2Cl)c(Cl)c1)c1ccc(Cl)cc1Cl. The first-order valence-electron chi connectivity index (χ1n) is 8.79. The van der Waals surface area contributed by atoms with Crippen molar-refractivity contribution in [3.63, 3.8) is 0 Å². The highest BCUT2D eigenvalue weighted by Gasteiger charge is 2.19. The minimum Gasteiger partial charge on any atom is -0.420 e. The molecular weight excluding hydrogens is 573 g/mol. The van der Waals surface area contributed by atoms with Crippen LogP contribution in [0.25, 0.3) is 0 Å². The fourth-order valence-electron chi connectivity index (χ4n) is 2.54. The number of esters is 1. The molecular formula is C21H10Cl6N2O3S. The van der Waals surface area contributed by atoms with Crippen LogP contribution in [0.15, 0.2) is 48.5 Å². The second kappa shape index (κ2) is 11.1. The maximum absolute atomic E-state index is 12.4. The lowest BCUT2D eigenvalue weighted by atomic mass is 10.2. The van der Waals surface area contributed by atoms with Crippen LogP contribution in [-0.4, -0.2) is 17.0 Å². The molecule has 0 spiro atoms. The molecule has 0 atom stereocenters. The first-order valence-corrected chi connectivity index (χ1v) is 11.5. The molecule has 0 radical (unpaired) electrons. The Morgan fingerprint density at radius 1 is 0.727 bits per heavy atom. The van der Waals surface area contributed by atoms with Gasteiger partial charge in [0.2, 0.25) is 0 Å². The van der Waals surface area contributed by atoms with Crippen molar-refractivity contribution in [1.82, 2.24) is 5.32 Å². The van der Waals surface area contributed by atoms with E-state index in [0.717, 1.165) is 0 Å².